The number of carbonyl (C=O) groups is 2. The minimum atomic E-state index is -0.541. The van der Waals surface area contributed by atoms with Crippen molar-refractivity contribution in [3.8, 4) is 6.07 Å². The molecule has 0 spiro atoms. The molecule has 0 radical (unpaired) electrons. The molecule has 6 heteroatoms. The number of hydrogen-bond donors (Lipinski definition) is 1. The van der Waals surface area contributed by atoms with Crippen LogP contribution in [0.3, 0.4) is 0 Å². The number of benzene rings is 1. The van der Waals surface area contributed by atoms with Crippen molar-refractivity contribution in [2.24, 2.45) is 0 Å². The molecular formula is C19H18N2O3S. The molecule has 128 valence electrons. The number of nitriles is 1. The lowest BCUT2D eigenvalue weighted by Crippen LogP contribution is -2.20. The number of fused-ring (bicyclic) bond motifs is 1. The number of anilines is 1. The molecule has 1 aliphatic carbocycles. The number of amides is 1. The quantitative estimate of drug-likeness (QED) is 0.851. The monoisotopic (exact) mass is 354 g/mol. The number of rotatable bonds is 4. The van der Waals surface area contributed by atoms with Crippen molar-refractivity contribution in [3.05, 3.63) is 51.4 Å². The highest BCUT2D eigenvalue weighted by Crippen LogP contribution is 2.37. The van der Waals surface area contributed by atoms with E-state index in [9.17, 15) is 14.9 Å². The maximum absolute atomic E-state index is 12.1. The third-order valence-electron chi connectivity index (χ3n) is 4.16. The number of hydrogen-bond acceptors (Lipinski definition) is 5. The van der Waals surface area contributed by atoms with Gasteiger partial charge < -0.3 is 10.1 Å². The highest BCUT2D eigenvalue weighted by atomic mass is 32.1. The zero-order chi connectivity index (χ0) is 17.8. The van der Waals surface area contributed by atoms with Crippen LogP contribution in [0.1, 0.15) is 44.8 Å². The van der Waals surface area contributed by atoms with Gasteiger partial charge in [-0.05, 0) is 50.3 Å². The summed E-state index contributed by atoms with van der Waals surface area (Å²) < 4.78 is 5.05. The van der Waals surface area contributed by atoms with Crippen molar-refractivity contribution < 1.29 is 14.3 Å². The minimum Gasteiger partial charge on any atom is -0.452 e. The van der Waals surface area contributed by atoms with Crippen LogP contribution in [0.25, 0.3) is 0 Å². The van der Waals surface area contributed by atoms with Crippen LogP contribution >= 0.6 is 11.3 Å². The number of thiophene rings is 1. The van der Waals surface area contributed by atoms with Crippen LogP contribution < -0.4 is 5.32 Å². The van der Waals surface area contributed by atoms with Gasteiger partial charge in [-0.2, -0.15) is 5.26 Å². The third kappa shape index (κ3) is 3.89. The molecule has 0 saturated carbocycles. The first-order chi connectivity index (χ1) is 12.1. The average molecular weight is 354 g/mol. The van der Waals surface area contributed by atoms with Crippen LogP contribution in [0.2, 0.25) is 0 Å². The van der Waals surface area contributed by atoms with Crippen LogP contribution in [-0.4, -0.2) is 18.5 Å². The van der Waals surface area contributed by atoms with E-state index >= 15 is 0 Å². The fourth-order valence-corrected chi connectivity index (χ4v) is 4.09. The molecule has 0 aliphatic heterocycles. The van der Waals surface area contributed by atoms with Crippen LogP contribution in [0.15, 0.2) is 24.3 Å². The van der Waals surface area contributed by atoms with E-state index in [1.807, 2.05) is 19.1 Å². The number of ether oxygens (including phenoxy) is 1. The van der Waals surface area contributed by atoms with Crippen molar-refractivity contribution in [2.45, 2.75) is 32.6 Å². The van der Waals surface area contributed by atoms with Gasteiger partial charge in [-0.25, -0.2) is 4.79 Å². The Bertz CT molecular complexity index is 847. The molecular weight excluding hydrogens is 336 g/mol. The Labute approximate surface area is 150 Å². The highest BCUT2D eigenvalue weighted by Gasteiger charge is 2.22. The molecule has 1 N–H and O–H groups in total. The summed E-state index contributed by atoms with van der Waals surface area (Å²) >= 11 is 1.45. The first-order valence-corrected chi connectivity index (χ1v) is 8.98. The molecule has 1 heterocycles. The molecule has 0 unspecified atom stereocenters. The van der Waals surface area contributed by atoms with Gasteiger partial charge in [-0.1, -0.05) is 17.7 Å². The van der Waals surface area contributed by atoms with E-state index in [4.69, 9.17) is 4.74 Å². The second-order valence-corrected chi connectivity index (χ2v) is 7.12. The standard InChI is InChI=1S/C19H18N2O3S/c1-12-6-8-13(9-7-12)19(23)24-11-17(22)21-18-15(10-20)14-4-2-3-5-16(14)25-18/h6-9H,2-5,11H2,1H3,(H,21,22). The lowest BCUT2D eigenvalue weighted by Gasteiger charge is -2.09. The molecule has 3 rings (SSSR count). The van der Waals surface area contributed by atoms with Gasteiger partial charge >= 0.3 is 5.97 Å². The average Bonchev–Trinajstić information content (AvgIpc) is 2.97. The molecule has 1 aromatic heterocycles. The minimum absolute atomic E-state index is 0.375. The zero-order valence-corrected chi connectivity index (χ0v) is 14.7. The van der Waals surface area contributed by atoms with E-state index in [-0.39, 0.29) is 6.61 Å². The number of nitrogens with zero attached hydrogens (tertiary/aromatic N) is 1. The third-order valence-corrected chi connectivity index (χ3v) is 5.36. The Hall–Kier alpha value is -2.65. The zero-order valence-electron chi connectivity index (χ0n) is 13.9. The van der Waals surface area contributed by atoms with Crippen molar-refractivity contribution in [2.75, 3.05) is 11.9 Å². The first kappa shape index (κ1) is 17.2. The Balaban J connectivity index is 1.61. The van der Waals surface area contributed by atoms with Crippen molar-refractivity contribution >= 4 is 28.2 Å². The van der Waals surface area contributed by atoms with Gasteiger partial charge in [-0.3, -0.25) is 4.79 Å². The van der Waals surface area contributed by atoms with Gasteiger partial charge in [0.15, 0.2) is 6.61 Å². The molecule has 25 heavy (non-hydrogen) atoms. The molecule has 1 aromatic carbocycles. The van der Waals surface area contributed by atoms with Gasteiger partial charge in [0.1, 0.15) is 11.1 Å². The molecule has 1 aliphatic rings. The van der Waals surface area contributed by atoms with E-state index in [0.29, 0.717) is 16.1 Å². The predicted octanol–water partition coefficient (Wildman–Crippen LogP) is 3.60. The van der Waals surface area contributed by atoms with Crippen molar-refractivity contribution in [1.29, 1.82) is 5.26 Å². The molecule has 0 bridgehead atoms. The van der Waals surface area contributed by atoms with Gasteiger partial charge in [0.2, 0.25) is 0 Å². The maximum atomic E-state index is 12.1. The van der Waals surface area contributed by atoms with E-state index in [0.717, 1.165) is 36.8 Å². The summed E-state index contributed by atoms with van der Waals surface area (Å²) in [7, 11) is 0. The summed E-state index contributed by atoms with van der Waals surface area (Å²) in [6, 6.07) is 9.14. The largest absolute Gasteiger partial charge is 0.452 e. The lowest BCUT2D eigenvalue weighted by atomic mass is 9.96. The Morgan fingerprint density at radius 1 is 1.24 bits per heavy atom. The van der Waals surface area contributed by atoms with Crippen LogP contribution in [0, 0.1) is 18.3 Å². The lowest BCUT2D eigenvalue weighted by molar-refractivity contribution is -0.119. The van der Waals surface area contributed by atoms with Gasteiger partial charge in [0.05, 0.1) is 11.1 Å². The topological polar surface area (TPSA) is 79.2 Å². The summed E-state index contributed by atoms with van der Waals surface area (Å²) in [4.78, 5) is 25.2. The smallest absolute Gasteiger partial charge is 0.338 e. The van der Waals surface area contributed by atoms with E-state index in [1.54, 1.807) is 12.1 Å². The highest BCUT2D eigenvalue weighted by molar-refractivity contribution is 7.16. The Morgan fingerprint density at radius 2 is 1.96 bits per heavy atom. The van der Waals surface area contributed by atoms with Crippen molar-refractivity contribution in [3.63, 3.8) is 0 Å². The normalized spacial score (nSPS) is 12.8. The summed E-state index contributed by atoms with van der Waals surface area (Å²) in [5.41, 5.74) is 3.06. The molecule has 5 nitrogen and oxygen atoms in total. The van der Waals surface area contributed by atoms with Crippen LogP contribution in [0.4, 0.5) is 5.00 Å². The SMILES string of the molecule is Cc1ccc(C(=O)OCC(=O)Nc2sc3c(c2C#N)CCCC3)cc1. The fourth-order valence-electron chi connectivity index (χ4n) is 2.84. The van der Waals surface area contributed by atoms with Crippen molar-refractivity contribution in [1.82, 2.24) is 0 Å². The van der Waals surface area contributed by atoms with Gasteiger partial charge in [0, 0.05) is 4.88 Å². The summed E-state index contributed by atoms with van der Waals surface area (Å²) in [6.07, 6.45) is 4.01. The first-order valence-electron chi connectivity index (χ1n) is 8.16. The molecule has 2 aromatic rings. The molecule has 0 fully saturated rings. The maximum Gasteiger partial charge on any atom is 0.338 e. The van der Waals surface area contributed by atoms with Crippen LogP contribution in [-0.2, 0) is 22.4 Å². The summed E-state index contributed by atoms with van der Waals surface area (Å²) in [5.74, 6) is -0.975. The molecule has 1 amide bonds. The number of esters is 1. The predicted molar refractivity (Wildman–Crippen MR) is 95.8 cm³/mol. The summed E-state index contributed by atoms with van der Waals surface area (Å²) in [6.45, 7) is 1.55. The van der Waals surface area contributed by atoms with Gasteiger partial charge in [0.25, 0.3) is 5.91 Å². The Kier molecular flexibility index (Phi) is 5.15. The van der Waals surface area contributed by atoms with E-state index in [1.165, 1.54) is 16.2 Å². The van der Waals surface area contributed by atoms with E-state index < -0.39 is 11.9 Å². The Morgan fingerprint density at radius 3 is 2.68 bits per heavy atom. The van der Waals surface area contributed by atoms with Crippen LogP contribution in [0.5, 0.6) is 0 Å². The second kappa shape index (κ2) is 7.49. The molecule has 0 atom stereocenters. The van der Waals surface area contributed by atoms with Gasteiger partial charge in [-0.15, -0.1) is 11.3 Å². The number of nitrogens with one attached hydrogen (secondary N) is 1. The fraction of sp³-hybridized carbons (Fsp3) is 0.316. The summed E-state index contributed by atoms with van der Waals surface area (Å²) in [5, 5.41) is 12.7. The van der Waals surface area contributed by atoms with E-state index in [2.05, 4.69) is 11.4 Å². The molecule has 0 saturated heterocycles. The number of carbonyl (C=O) groups excluding carboxylic acids is 2. The number of aryl methyl sites for hydroxylation is 2. The second-order valence-electron chi connectivity index (χ2n) is 6.02.